The van der Waals surface area contributed by atoms with Crippen molar-refractivity contribution >= 4 is 23.1 Å². The summed E-state index contributed by atoms with van der Waals surface area (Å²) >= 11 is 0. The van der Waals surface area contributed by atoms with Crippen LogP contribution in [0.5, 0.6) is 5.75 Å². The van der Waals surface area contributed by atoms with Crippen LogP contribution in [0.4, 0.5) is 0 Å². The number of carbonyl (C=O) groups excluding carboxylic acids is 1. The predicted molar refractivity (Wildman–Crippen MR) is 115 cm³/mol. The molecule has 1 aromatic heterocycles. The maximum Gasteiger partial charge on any atom is 0.306 e. The summed E-state index contributed by atoms with van der Waals surface area (Å²) < 4.78 is 5.26. The number of fused-ring (bicyclic) bond motifs is 1. The van der Waals surface area contributed by atoms with Crippen LogP contribution < -0.4 is 0 Å². The molecule has 0 fully saturated rings. The van der Waals surface area contributed by atoms with Gasteiger partial charge < -0.3 is 9.84 Å². The van der Waals surface area contributed by atoms with Gasteiger partial charge in [0.15, 0.2) is 0 Å². The van der Waals surface area contributed by atoms with E-state index in [0.717, 1.165) is 22.2 Å². The number of nitrogens with zero attached hydrogens (tertiary/aromatic N) is 3. The molecule has 6 heteroatoms. The molecule has 0 saturated heterocycles. The van der Waals surface area contributed by atoms with Crippen molar-refractivity contribution in [3.63, 3.8) is 0 Å². The van der Waals surface area contributed by atoms with Crippen molar-refractivity contribution in [3.8, 4) is 11.4 Å². The molecule has 0 unspecified atom stereocenters. The molecule has 0 saturated carbocycles. The third-order valence-electron chi connectivity index (χ3n) is 4.61. The summed E-state index contributed by atoms with van der Waals surface area (Å²) in [6, 6.07) is 22.5. The van der Waals surface area contributed by atoms with Crippen LogP contribution in [0, 0.1) is 0 Å². The Morgan fingerprint density at radius 1 is 0.967 bits per heavy atom. The summed E-state index contributed by atoms with van der Waals surface area (Å²) in [7, 11) is 0. The lowest BCUT2D eigenvalue weighted by molar-refractivity contribution is -0.142. The van der Waals surface area contributed by atoms with Crippen molar-refractivity contribution in [2.24, 2.45) is 0 Å². The third kappa shape index (κ3) is 4.72. The van der Waals surface area contributed by atoms with E-state index in [1.807, 2.05) is 66.7 Å². The van der Waals surface area contributed by atoms with Gasteiger partial charge in [-0.1, -0.05) is 54.6 Å². The fourth-order valence-electron chi connectivity index (χ4n) is 3.06. The number of aromatic hydroxyl groups is 1. The Hall–Kier alpha value is -3.93. The summed E-state index contributed by atoms with van der Waals surface area (Å²) in [5, 5.41) is 19.0. The highest BCUT2D eigenvalue weighted by Gasteiger charge is 2.11. The van der Waals surface area contributed by atoms with Gasteiger partial charge in [0.1, 0.15) is 29.1 Å². The minimum Gasteiger partial charge on any atom is -0.506 e. The number of phenols is 1. The summed E-state index contributed by atoms with van der Waals surface area (Å²) in [6.45, 7) is 0.234. The lowest BCUT2D eigenvalue weighted by Crippen LogP contribution is -2.06. The standard InChI is InChI=1S/C24H21N3O3/c28-23-14-12-19(17-22(23)27-25-20-10-4-5-11-21(20)26-27)13-15-24(29)30-16-6-9-18-7-2-1-3-8-18/h1-12,14,17,28H,13,15-16H2. The number of ether oxygens (including phenoxy) is 1. The maximum absolute atomic E-state index is 12.0. The van der Waals surface area contributed by atoms with E-state index in [1.165, 1.54) is 4.80 Å². The number of hydrogen-bond acceptors (Lipinski definition) is 5. The van der Waals surface area contributed by atoms with E-state index in [4.69, 9.17) is 4.74 Å². The van der Waals surface area contributed by atoms with Gasteiger partial charge in [-0.3, -0.25) is 4.79 Å². The van der Waals surface area contributed by atoms with Gasteiger partial charge >= 0.3 is 5.97 Å². The number of aromatic nitrogens is 3. The fourth-order valence-corrected chi connectivity index (χ4v) is 3.06. The van der Waals surface area contributed by atoms with Gasteiger partial charge in [0.25, 0.3) is 0 Å². The summed E-state index contributed by atoms with van der Waals surface area (Å²) in [5.74, 6) is -0.196. The number of hydrogen-bond donors (Lipinski definition) is 1. The molecule has 4 aromatic rings. The Bertz CT molecular complexity index is 1150. The molecule has 0 aliphatic rings. The van der Waals surface area contributed by atoms with E-state index in [-0.39, 0.29) is 24.7 Å². The molecular formula is C24H21N3O3. The quantitative estimate of drug-likeness (QED) is 0.469. The van der Waals surface area contributed by atoms with Gasteiger partial charge in [-0.25, -0.2) is 0 Å². The molecule has 6 nitrogen and oxygen atoms in total. The molecule has 0 atom stereocenters. The zero-order chi connectivity index (χ0) is 20.8. The molecule has 4 rings (SSSR count). The van der Waals surface area contributed by atoms with E-state index >= 15 is 0 Å². The zero-order valence-electron chi connectivity index (χ0n) is 16.3. The first-order chi connectivity index (χ1) is 14.7. The number of benzene rings is 3. The van der Waals surface area contributed by atoms with Crippen molar-refractivity contribution in [2.75, 3.05) is 6.61 Å². The van der Waals surface area contributed by atoms with Crippen LogP contribution in [0.25, 0.3) is 22.8 Å². The van der Waals surface area contributed by atoms with Crippen LogP contribution in [0.15, 0.2) is 78.9 Å². The lowest BCUT2D eigenvalue weighted by atomic mass is 10.1. The molecule has 0 aliphatic heterocycles. The van der Waals surface area contributed by atoms with Crippen molar-refractivity contribution in [1.82, 2.24) is 15.0 Å². The first kappa shape index (κ1) is 19.4. The molecule has 0 amide bonds. The summed E-state index contributed by atoms with van der Waals surface area (Å²) in [4.78, 5) is 13.4. The second kappa shape index (κ2) is 9.05. The number of aryl methyl sites for hydroxylation is 1. The molecule has 0 spiro atoms. The molecule has 150 valence electrons. The van der Waals surface area contributed by atoms with Gasteiger partial charge in [0, 0.05) is 6.42 Å². The van der Waals surface area contributed by atoms with Crippen LogP contribution in [0.1, 0.15) is 17.5 Å². The Balaban J connectivity index is 1.35. The van der Waals surface area contributed by atoms with Crippen LogP contribution in [-0.4, -0.2) is 32.7 Å². The first-order valence-electron chi connectivity index (χ1n) is 9.70. The normalized spacial score (nSPS) is 11.2. The second-order valence-electron chi connectivity index (χ2n) is 6.80. The average molecular weight is 399 g/mol. The molecular weight excluding hydrogens is 378 g/mol. The first-order valence-corrected chi connectivity index (χ1v) is 9.70. The van der Waals surface area contributed by atoms with Gasteiger partial charge in [-0.05, 0) is 47.9 Å². The second-order valence-corrected chi connectivity index (χ2v) is 6.80. The number of carbonyl (C=O) groups is 1. The predicted octanol–water partition coefficient (Wildman–Crippen LogP) is 4.32. The van der Waals surface area contributed by atoms with Gasteiger partial charge in [-0.15, -0.1) is 15.0 Å². The number of phenolic OH excluding ortho intramolecular Hbond substituents is 1. The van der Waals surface area contributed by atoms with Crippen molar-refractivity contribution in [3.05, 3.63) is 90.0 Å². The molecule has 30 heavy (non-hydrogen) atoms. The summed E-state index contributed by atoms with van der Waals surface area (Å²) in [5.41, 5.74) is 3.91. The molecule has 3 aromatic carbocycles. The lowest BCUT2D eigenvalue weighted by Gasteiger charge is -2.07. The van der Waals surface area contributed by atoms with E-state index in [9.17, 15) is 9.90 Å². The highest BCUT2D eigenvalue weighted by atomic mass is 16.5. The van der Waals surface area contributed by atoms with Crippen molar-refractivity contribution < 1.29 is 14.6 Å². The Kier molecular flexibility index (Phi) is 5.85. The minimum atomic E-state index is -0.273. The molecule has 0 aliphatic carbocycles. The van der Waals surface area contributed by atoms with Crippen LogP contribution in [0.2, 0.25) is 0 Å². The van der Waals surface area contributed by atoms with Gasteiger partial charge in [-0.2, -0.15) is 0 Å². The highest BCUT2D eigenvalue weighted by Crippen LogP contribution is 2.23. The van der Waals surface area contributed by atoms with Crippen LogP contribution in [-0.2, 0) is 16.0 Å². The molecule has 0 radical (unpaired) electrons. The zero-order valence-corrected chi connectivity index (χ0v) is 16.3. The highest BCUT2D eigenvalue weighted by molar-refractivity contribution is 5.73. The monoisotopic (exact) mass is 399 g/mol. The topological polar surface area (TPSA) is 77.2 Å². The van der Waals surface area contributed by atoms with E-state index in [2.05, 4.69) is 10.2 Å². The van der Waals surface area contributed by atoms with Crippen LogP contribution in [0.3, 0.4) is 0 Å². The molecule has 0 bridgehead atoms. The maximum atomic E-state index is 12.0. The SMILES string of the molecule is O=C(CCc1ccc(O)c(-n2nc3ccccc3n2)c1)OCC=Cc1ccccc1. The Morgan fingerprint density at radius 2 is 1.67 bits per heavy atom. The van der Waals surface area contributed by atoms with Crippen molar-refractivity contribution in [2.45, 2.75) is 12.8 Å². The van der Waals surface area contributed by atoms with E-state index in [1.54, 1.807) is 18.2 Å². The van der Waals surface area contributed by atoms with Crippen LogP contribution >= 0.6 is 0 Å². The smallest absolute Gasteiger partial charge is 0.306 e. The molecule has 1 N–H and O–H groups in total. The average Bonchev–Trinajstić information content (AvgIpc) is 3.21. The van der Waals surface area contributed by atoms with Crippen molar-refractivity contribution in [1.29, 1.82) is 0 Å². The van der Waals surface area contributed by atoms with E-state index in [0.29, 0.717) is 12.1 Å². The van der Waals surface area contributed by atoms with Gasteiger partial charge in [0.2, 0.25) is 0 Å². The molecule has 1 heterocycles. The number of esters is 1. The Morgan fingerprint density at radius 3 is 2.40 bits per heavy atom. The third-order valence-corrected chi connectivity index (χ3v) is 4.61. The van der Waals surface area contributed by atoms with Gasteiger partial charge in [0.05, 0.1) is 0 Å². The Labute approximate surface area is 174 Å². The minimum absolute atomic E-state index is 0.0766. The number of rotatable bonds is 7. The summed E-state index contributed by atoms with van der Waals surface area (Å²) in [6.07, 6.45) is 4.48. The largest absolute Gasteiger partial charge is 0.506 e. The fraction of sp³-hybridized carbons (Fsp3) is 0.125. The van der Waals surface area contributed by atoms with E-state index < -0.39 is 0 Å².